The Kier molecular flexibility index (Phi) is 10.8. The van der Waals surface area contributed by atoms with E-state index in [1.54, 1.807) is 12.2 Å². The molecule has 0 aromatic heterocycles. The van der Waals surface area contributed by atoms with E-state index in [2.05, 4.69) is 11.7 Å². The minimum absolute atomic E-state index is 0.0246. The Morgan fingerprint density at radius 1 is 1.15 bits per heavy atom. The van der Waals surface area contributed by atoms with Crippen molar-refractivity contribution < 1.29 is 19.1 Å². The summed E-state index contributed by atoms with van der Waals surface area (Å²) in [5, 5.41) is 0. The van der Waals surface area contributed by atoms with E-state index < -0.39 is 11.9 Å². The topological polar surface area (TPSA) is 60.4 Å². The molecule has 1 unspecified atom stereocenters. The second kappa shape index (κ2) is 12.6. The van der Waals surface area contributed by atoms with E-state index >= 15 is 0 Å². The van der Waals surface area contributed by atoms with Gasteiger partial charge >= 0.3 is 5.97 Å². The van der Waals surface area contributed by atoms with Gasteiger partial charge in [-0.2, -0.15) is 0 Å². The van der Waals surface area contributed by atoms with E-state index in [-0.39, 0.29) is 11.7 Å². The molecular formula is C22H34O4. The van der Waals surface area contributed by atoms with E-state index in [1.165, 1.54) is 58.6 Å². The molecule has 0 aromatic carbocycles. The molecule has 0 aromatic rings. The Bertz CT molecular complexity index is 518. The number of hydrogen-bond acceptors (Lipinski definition) is 4. The van der Waals surface area contributed by atoms with Gasteiger partial charge in [-0.1, -0.05) is 63.7 Å². The van der Waals surface area contributed by atoms with Crippen molar-refractivity contribution in [2.45, 2.75) is 71.6 Å². The lowest BCUT2D eigenvalue weighted by molar-refractivity contribution is -0.147. The molecule has 0 aliphatic heterocycles. The number of methoxy groups -OCH3 is 1. The summed E-state index contributed by atoms with van der Waals surface area (Å²) in [5.41, 5.74) is 0. The summed E-state index contributed by atoms with van der Waals surface area (Å²) < 4.78 is 4.56. The van der Waals surface area contributed by atoms with Crippen molar-refractivity contribution in [3.8, 4) is 0 Å². The average Bonchev–Trinajstić information content (AvgIpc) is 2.99. The summed E-state index contributed by atoms with van der Waals surface area (Å²) in [7, 11) is 1.27. The van der Waals surface area contributed by atoms with Gasteiger partial charge in [-0.25, -0.2) is 0 Å². The van der Waals surface area contributed by atoms with Gasteiger partial charge in [-0.15, -0.1) is 0 Å². The minimum Gasteiger partial charge on any atom is -0.468 e. The number of hydrogen-bond donors (Lipinski definition) is 0. The molecule has 1 aliphatic carbocycles. The van der Waals surface area contributed by atoms with Crippen LogP contribution in [0.5, 0.6) is 0 Å². The number of unbranched alkanes of at least 4 members (excludes halogenated alkanes) is 5. The predicted molar refractivity (Wildman–Crippen MR) is 104 cm³/mol. The largest absolute Gasteiger partial charge is 0.468 e. The number of carbonyl (C=O) groups is 3. The fraction of sp³-hybridized carbons (Fsp3) is 0.682. The highest BCUT2D eigenvalue weighted by Gasteiger charge is 2.31. The fourth-order valence-electron chi connectivity index (χ4n) is 3.48. The molecule has 26 heavy (non-hydrogen) atoms. The van der Waals surface area contributed by atoms with Crippen molar-refractivity contribution in [2.24, 2.45) is 17.8 Å². The van der Waals surface area contributed by atoms with Gasteiger partial charge in [0.15, 0.2) is 5.78 Å². The molecule has 0 spiro atoms. The van der Waals surface area contributed by atoms with Crippen LogP contribution in [0, 0.1) is 17.8 Å². The third-order valence-electron chi connectivity index (χ3n) is 5.24. The van der Waals surface area contributed by atoms with E-state index in [0.717, 1.165) is 12.8 Å². The van der Waals surface area contributed by atoms with E-state index in [9.17, 15) is 14.4 Å². The lowest BCUT2D eigenvalue weighted by Crippen LogP contribution is -2.20. The highest BCUT2D eigenvalue weighted by molar-refractivity contribution is 6.04. The number of esters is 1. The average molecular weight is 363 g/mol. The Morgan fingerprint density at radius 2 is 1.85 bits per heavy atom. The summed E-state index contributed by atoms with van der Waals surface area (Å²) >= 11 is 0. The van der Waals surface area contributed by atoms with Gasteiger partial charge in [-0.05, 0) is 31.8 Å². The molecule has 3 atom stereocenters. The number of allylic oxidation sites excluding steroid dienone is 4. The first-order valence-corrected chi connectivity index (χ1v) is 10.0. The molecule has 4 heteroatoms. The summed E-state index contributed by atoms with van der Waals surface area (Å²) in [6.07, 6.45) is 17.0. The maximum absolute atomic E-state index is 12.1. The highest BCUT2D eigenvalue weighted by Crippen LogP contribution is 2.34. The lowest BCUT2D eigenvalue weighted by Gasteiger charge is -2.14. The molecule has 1 fully saturated rings. The zero-order valence-corrected chi connectivity index (χ0v) is 16.5. The van der Waals surface area contributed by atoms with Crippen LogP contribution in [0.2, 0.25) is 0 Å². The van der Waals surface area contributed by atoms with Crippen molar-refractivity contribution in [3.63, 3.8) is 0 Å². The van der Waals surface area contributed by atoms with Crippen LogP contribution in [-0.4, -0.2) is 24.6 Å². The van der Waals surface area contributed by atoms with Crippen LogP contribution in [0.4, 0.5) is 0 Å². The first-order chi connectivity index (χ1) is 12.5. The molecule has 0 heterocycles. The third kappa shape index (κ3) is 7.67. The lowest BCUT2D eigenvalue weighted by atomic mass is 9.89. The second-order valence-electron chi connectivity index (χ2n) is 7.24. The molecule has 0 saturated heterocycles. The van der Waals surface area contributed by atoms with Gasteiger partial charge in [0.1, 0.15) is 11.7 Å². The molecule has 1 rings (SSSR count). The van der Waals surface area contributed by atoms with Crippen molar-refractivity contribution in [1.29, 1.82) is 0 Å². The second-order valence-corrected chi connectivity index (χ2v) is 7.24. The van der Waals surface area contributed by atoms with Crippen molar-refractivity contribution in [2.75, 3.05) is 7.11 Å². The van der Waals surface area contributed by atoms with Crippen molar-refractivity contribution in [3.05, 3.63) is 24.3 Å². The van der Waals surface area contributed by atoms with Gasteiger partial charge in [0, 0.05) is 12.3 Å². The fourth-order valence-corrected chi connectivity index (χ4v) is 3.48. The predicted octanol–water partition coefficient (Wildman–Crippen LogP) is 4.82. The summed E-state index contributed by atoms with van der Waals surface area (Å²) in [5.74, 6) is -0.902. The van der Waals surface area contributed by atoms with Crippen LogP contribution >= 0.6 is 0 Å². The molecule has 0 N–H and O–H groups in total. The maximum atomic E-state index is 12.1. The van der Waals surface area contributed by atoms with E-state index in [0.29, 0.717) is 18.1 Å². The van der Waals surface area contributed by atoms with Crippen LogP contribution in [0.1, 0.15) is 71.6 Å². The molecule has 146 valence electrons. The quantitative estimate of drug-likeness (QED) is 0.164. The number of carbonyl (C=O) groups excluding carboxylic acids is 3. The smallest absolute Gasteiger partial charge is 0.316 e. The monoisotopic (exact) mass is 362 g/mol. The number of ether oxygens (including phenoxy) is 1. The van der Waals surface area contributed by atoms with Crippen LogP contribution in [-0.2, 0) is 19.1 Å². The normalized spacial score (nSPS) is 21.6. The van der Waals surface area contributed by atoms with Crippen molar-refractivity contribution in [1.82, 2.24) is 0 Å². The van der Waals surface area contributed by atoms with Gasteiger partial charge < -0.3 is 4.74 Å². The molecule has 0 bridgehead atoms. The highest BCUT2D eigenvalue weighted by atomic mass is 16.5. The zero-order valence-electron chi connectivity index (χ0n) is 16.5. The van der Waals surface area contributed by atoms with Crippen molar-refractivity contribution >= 4 is 17.5 Å². The van der Waals surface area contributed by atoms with Gasteiger partial charge in [0.25, 0.3) is 0 Å². The standard InChI is InChI=1S/C22H34O4/c1-4-5-6-7-8-9-12-18-15-16-21(24)19(18)13-10-11-14-20(23)17(2)22(25)26-3/h10-11,13-14,17-19H,4-9,12,15-16H2,1-3H3/t17?,18-,19+/m0/s1. The third-order valence-corrected chi connectivity index (χ3v) is 5.24. The van der Waals surface area contributed by atoms with Crippen LogP contribution in [0.3, 0.4) is 0 Å². The summed E-state index contributed by atoms with van der Waals surface area (Å²) in [6, 6.07) is 0. The van der Waals surface area contributed by atoms with E-state index in [4.69, 9.17) is 0 Å². The van der Waals surface area contributed by atoms with Gasteiger partial charge in [-0.3, -0.25) is 14.4 Å². The zero-order chi connectivity index (χ0) is 19.4. The summed E-state index contributed by atoms with van der Waals surface area (Å²) in [6.45, 7) is 3.75. The number of Topliss-reactive ketones (excluding diaryl/α,β-unsaturated/α-hetero) is 1. The Labute approximate surface area is 158 Å². The molecule has 1 aliphatic rings. The van der Waals surface area contributed by atoms with Gasteiger partial charge in [0.05, 0.1) is 7.11 Å². The number of rotatable bonds is 12. The Hall–Kier alpha value is -1.71. The summed E-state index contributed by atoms with van der Waals surface area (Å²) in [4.78, 5) is 35.3. The SMILES string of the molecule is CCCCCCCC[C@H]1CCC(=O)[C@@H]1C=CC=CC(=O)C(C)C(=O)OC. The van der Waals surface area contributed by atoms with Crippen LogP contribution < -0.4 is 0 Å². The van der Waals surface area contributed by atoms with Crippen LogP contribution in [0.15, 0.2) is 24.3 Å². The molecule has 0 amide bonds. The van der Waals surface area contributed by atoms with Gasteiger partial charge in [0.2, 0.25) is 0 Å². The maximum Gasteiger partial charge on any atom is 0.316 e. The Balaban J connectivity index is 2.43. The minimum atomic E-state index is -0.793. The molecule has 0 radical (unpaired) electrons. The Morgan fingerprint density at radius 3 is 2.54 bits per heavy atom. The molecule has 1 saturated carbocycles. The van der Waals surface area contributed by atoms with Crippen LogP contribution in [0.25, 0.3) is 0 Å². The van der Waals surface area contributed by atoms with E-state index in [1.807, 2.05) is 6.08 Å². The first kappa shape index (κ1) is 22.3. The number of ketones is 2. The molecule has 4 nitrogen and oxygen atoms in total. The first-order valence-electron chi connectivity index (χ1n) is 10.0. The molecular weight excluding hydrogens is 328 g/mol.